The summed E-state index contributed by atoms with van der Waals surface area (Å²) in [7, 11) is 2.07. The molecule has 2 rings (SSSR count). The second kappa shape index (κ2) is 2.35. The number of rotatable bonds is 2. The summed E-state index contributed by atoms with van der Waals surface area (Å²) < 4.78 is 0. The molecule has 0 saturated carbocycles. The first-order chi connectivity index (χ1) is 5.81. The summed E-state index contributed by atoms with van der Waals surface area (Å²) in [6.07, 6.45) is 8.23. The maximum absolute atomic E-state index is 3.69. The fourth-order valence-electron chi connectivity index (χ4n) is 1.67. The van der Waals surface area contributed by atoms with Gasteiger partial charge in [0.25, 0.3) is 0 Å². The molecule has 2 unspecified atom stereocenters. The van der Waals surface area contributed by atoms with Crippen LogP contribution >= 0.6 is 0 Å². The molecular formula is C10H12N2. The molecule has 2 aliphatic rings. The Morgan fingerprint density at radius 2 is 1.92 bits per heavy atom. The number of fused-ring (bicyclic) bond motifs is 1. The zero-order valence-electron chi connectivity index (χ0n) is 7.20. The zero-order valence-corrected chi connectivity index (χ0v) is 7.20. The molecule has 0 radical (unpaired) electrons. The fraction of sp³-hybridized carbons (Fsp3) is 0.200. The van der Waals surface area contributed by atoms with Gasteiger partial charge < -0.3 is 0 Å². The minimum Gasteiger partial charge on any atom is -0.280 e. The normalized spacial score (nSPS) is 37.6. The van der Waals surface area contributed by atoms with Gasteiger partial charge in [-0.1, -0.05) is 31.4 Å². The molecule has 0 aliphatic carbocycles. The van der Waals surface area contributed by atoms with Crippen molar-refractivity contribution >= 4 is 0 Å². The fourth-order valence-corrected chi connectivity index (χ4v) is 1.67. The van der Waals surface area contributed by atoms with Gasteiger partial charge in [0.15, 0.2) is 0 Å². The summed E-state index contributed by atoms with van der Waals surface area (Å²) >= 11 is 0. The van der Waals surface area contributed by atoms with Gasteiger partial charge in [0.2, 0.25) is 0 Å². The Bertz CT molecular complexity index is 269. The molecule has 12 heavy (non-hydrogen) atoms. The Hall–Kier alpha value is -1.28. The van der Waals surface area contributed by atoms with Crippen molar-refractivity contribution in [1.29, 1.82) is 0 Å². The van der Waals surface area contributed by atoms with Crippen LogP contribution in [0.5, 0.6) is 0 Å². The number of likely N-dealkylation sites (N-methyl/N-ethyl adjacent to an activating group) is 1. The molecule has 0 bridgehead atoms. The highest BCUT2D eigenvalue weighted by Gasteiger charge is 2.57. The van der Waals surface area contributed by atoms with E-state index in [0.717, 1.165) is 0 Å². The molecule has 2 nitrogen and oxygen atoms in total. The van der Waals surface area contributed by atoms with Gasteiger partial charge in [-0.2, -0.15) is 5.01 Å². The lowest BCUT2D eigenvalue weighted by molar-refractivity contribution is 0.422. The molecule has 0 aromatic heterocycles. The Morgan fingerprint density at radius 3 is 2.50 bits per heavy atom. The standard InChI is InChI=1S/C10H12N2/c1-4-6-8-9(7-5-2)12-10(8)11(12)3/h4-7,10H,1-2H2,3H3/b8-6?,9-7+. The highest BCUT2D eigenvalue weighted by molar-refractivity contribution is 5.51. The second-order valence-corrected chi connectivity index (χ2v) is 2.94. The largest absolute Gasteiger partial charge is 0.280 e. The quantitative estimate of drug-likeness (QED) is 0.567. The summed E-state index contributed by atoms with van der Waals surface area (Å²) in [6.45, 7) is 7.37. The maximum atomic E-state index is 3.69. The van der Waals surface area contributed by atoms with Crippen molar-refractivity contribution in [1.82, 2.24) is 10.0 Å². The molecular weight excluding hydrogens is 148 g/mol. The van der Waals surface area contributed by atoms with Gasteiger partial charge in [-0.25, -0.2) is 0 Å². The van der Waals surface area contributed by atoms with E-state index in [1.807, 2.05) is 18.2 Å². The lowest BCUT2D eigenvalue weighted by Crippen LogP contribution is -2.19. The number of nitrogens with zero attached hydrogens (tertiary/aromatic N) is 2. The van der Waals surface area contributed by atoms with E-state index in [-0.39, 0.29) is 0 Å². The van der Waals surface area contributed by atoms with Crippen LogP contribution in [0.3, 0.4) is 0 Å². The lowest BCUT2D eigenvalue weighted by atomic mass is 10.0. The van der Waals surface area contributed by atoms with Crippen LogP contribution < -0.4 is 0 Å². The molecule has 2 saturated heterocycles. The second-order valence-electron chi connectivity index (χ2n) is 2.94. The van der Waals surface area contributed by atoms with Gasteiger partial charge in [-0.05, 0) is 6.08 Å². The van der Waals surface area contributed by atoms with Crippen molar-refractivity contribution in [3.8, 4) is 0 Å². The van der Waals surface area contributed by atoms with E-state index in [9.17, 15) is 0 Å². The molecule has 0 N–H and O–H groups in total. The Morgan fingerprint density at radius 1 is 1.25 bits per heavy atom. The average Bonchev–Trinajstić information content (AvgIpc) is 2.63. The molecule has 62 valence electrons. The third-order valence-electron chi connectivity index (χ3n) is 2.26. The van der Waals surface area contributed by atoms with Crippen LogP contribution in [0, 0.1) is 0 Å². The topological polar surface area (TPSA) is 6.02 Å². The van der Waals surface area contributed by atoms with Crippen molar-refractivity contribution in [2.24, 2.45) is 0 Å². The van der Waals surface area contributed by atoms with E-state index >= 15 is 0 Å². The number of hydrazine groups is 1. The zero-order chi connectivity index (χ0) is 8.72. The minimum atomic E-state index is 0.509. The van der Waals surface area contributed by atoms with E-state index in [2.05, 4.69) is 36.3 Å². The molecule has 2 heterocycles. The van der Waals surface area contributed by atoms with E-state index < -0.39 is 0 Å². The van der Waals surface area contributed by atoms with Gasteiger partial charge in [0, 0.05) is 12.6 Å². The Kier molecular flexibility index (Phi) is 1.45. The smallest absolute Gasteiger partial charge is 0.142 e. The predicted molar refractivity (Wildman–Crippen MR) is 50.0 cm³/mol. The SMILES string of the molecule is C=CC=C1/C(=C\C=C)N2C1N2C. The molecule has 2 aliphatic heterocycles. The van der Waals surface area contributed by atoms with Crippen LogP contribution in [-0.4, -0.2) is 23.2 Å². The summed E-state index contributed by atoms with van der Waals surface area (Å²) in [5, 5.41) is 4.40. The van der Waals surface area contributed by atoms with Gasteiger partial charge in [-0.15, -0.1) is 0 Å². The monoisotopic (exact) mass is 160 g/mol. The van der Waals surface area contributed by atoms with Crippen LogP contribution in [0.15, 0.2) is 48.7 Å². The summed E-state index contributed by atoms with van der Waals surface area (Å²) in [6, 6.07) is 0. The van der Waals surface area contributed by atoms with Gasteiger partial charge in [-0.3, -0.25) is 5.01 Å². The van der Waals surface area contributed by atoms with Gasteiger partial charge in [0.05, 0.1) is 5.70 Å². The van der Waals surface area contributed by atoms with Crippen LogP contribution in [0.1, 0.15) is 0 Å². The van der Waals surface area contributed by atoms with Crippen molar-refractivity contribution in [3.63, 3.8) is 0 Å². The summed E-state index contributed by atoms with van der Waals surface area (Å²) in [4.78, 5) is 0. The molecule has 0 amide bonds. The number of allylic oxidation sites excluding steroid dienone is 4. The minimum absolute atomic E-state index is 0.509. The van der Waals surface area contributed by atoms with E-state index in [0.29, 0.717) is 6.17 Å². The van der Waals surface area contributed by atoms with E-state index in [1.54, 1.807) is 0 Å². The number of hydrogen-bond acceptors (Lipinski definition) is 2. The molecule has 2 fully saturated rings. The van der Waals surface area contributed by atoms with Crippen LogP contribution in [0.4, 0.5) is 0 Å². The van der Waals surface area contributed by atoms with Crippen LogP contribution in [-0.2, 0) is 0 Å². The van der Waals surface area contributed by atoms with Gasteiger partial charge >= 0.3 is 0 Å². The van der Waals surface area contributed by atoms with Crippen LogP contribution in [0.2, 0.25) is 0 Å². The Balaban J connectivity index is 2.26. The summed E-state index contributed by atoms with van der Waals surface area (Å²) in [5.41, 5.74) is 2.59. The highest BCUT2D eigenvalue weighted by atomic mass is 15.9. The number of hydrogen-bond donors (Lipinski definition) is 0. The van der Waals surface area contributed by atoms with Crippen molar-refractivity contribution in [2.45, 2.75) is 6.17 Å². The third-order valence-corrected chi connectivity index (χ3v) is 2.26. The van der Waals surface area contributed by atoms with Crippen molar-refractivity contribution in [2.75, 3.05) is 7.05 Å². The average molecular weight is 160 g/mol. The van der Waals surface area contributed by atoms with Crippen molar-refractivity contribution in [3.05, 3.63) is 48.7 Å². The molecule has 2 heteroatoms. The first-order valence-electron chi connectivity index (χ1n) is 3.99. The molecule has 0 spiro atoms. The van der Waals surface area contributed by atoms with E-state index in [4.69, 9.17) is 0 Å². The van der Waals surface area contributed by atoms with Gasteiger partial charge in [0.1, 0.15) is 6.17 Å². The summed E-state index contributed by atoms with van der Waals surface area (Å²) in [5.74, 6) is 0. The third kappa shape index (κ3) is 0.728. The first kappa shape index (κ1) is 7.37. The van der Waals surface area contributed by atoms with Crippen LogP contribution in [0.25, 0.3) is 0 Å². The molecule has 0 aromatic carbocycles. The highest BCUT2D eigenvalue weighted by Crippen LogP contribution is 2.50. The molecule has 0 aromatic rings. The molecule has 2 atom stereocenters. The maximum Gasteiger partial charge on any atom is 0.142 e. The Labute approximate surface area is 72.7 Å². The predicted octanol–water partition coefficient (Wildman–Crippen LogP) is 1.67. The van der Waals surface area contributed by atoms with Crippen molar-refractivity contribution < 1.29 is 0 Å². The first-order valence-corrected chi connectivity index (χ1v) is 3.99. The van der Waals surface area contributed by atoms with E-state index in [1.165, 1.54) is 11.3 Å². The lowest BCUT2D eigenvalue weighted by Gasteiger charge is -2.19.